The summed E-state index contributed by atoms with van der Waals surface area (Å²) in [5.41, 5.74) is 14.2. The Morgan fingerprint density at radius 1 is 0.310 bits per heavy atom. The van der Waals surface area contributed by atoms with Crippen LogP contribution in [0.3, 0.4) is 0 Å². The first-order valence-electron chi connectivity index (χ1n) is 19.9. The van der Waals surface area contributed by atoms with Gasteiger partial charge in [-0.2, -0.15) is 0 Å². The summed E-state index contributed by atoms with van der Waals surface area (Å²) in [6.07, 6.45) is 0. The molecule has 0 amide bonds. The molecule has 11 rings (SSSR count). The molecule has 0 fully saturated rings. The predicted octanol–water partition coefficient (Wildman–Crippen LogP) is 15.6. The summed E-state index contributed by atoms with van der Waals surface area (Å²) in [7, 11) is 0. The van der Waals surface area contributed by atoms with E-state index in [1.54, 1.807) is 0 Å². The molecule has 0 spiro atoms. The molecular formula is C56H38N2. The summed E-state index contributed by atoms with van der Waals surface area (Å²) in [6.45, 7) is 0. The fourth-order valence-corrected chi connectivity index (χ4v) is 8.84. The van der Waals surface area contributed by atoms with Crippen LogP contribution >= 0.6 is 0 Å². The van der Waals surface area contributed by atoms with Crippen molar-refractivity contribution in [2.75, 3.05) is 4.90 Å². The summed E-state index contributed by atoms with van der Waals surface area (Å²) < 4.78 is 2.39. The van der Waals surface area contributed by atoms with Gasteiger partial charge >= 0.3 is 0 Å². The first kappa shape index (κ1) is 33.6. The van der Waals surface area contributed by atoms with Crippen LogP contribution in [0.25, 0.3) is 82.4 Å². The Balaban J connectivity index is 1.04. The molecule has 0 unspecified atom stereocenters. The maximum absolute atomic E-state index is 2.42. The van der Waals surface area contributed by atoms with Crippen molar-refractivity contribution in [1.29, 1.82) is 0 Å². The van der Waals surface area contributed by atoms with Gasteiger partial charge in [-0.15, -0.1) is 0 Å². The largest absolute Gasteiger partial charge is 0.310 e. The molecule has 2 heteroatoms. The van der Waals surface area contributed by atoms with Gasteiger partial charge in [0.25, 0.3) is 0 Å². The Morgan fingerprint density at radius 2 is 0.793 bits per heavy atom. The zero-order valence-electron chi connectivity index (χ0n) is 31.8. The highest BCUT2D eigenvalue weighted by Crippen LogP contribution is 2.44. The first-order chi connectivity index (χ1) is 28.8. The summed E-state index contributed by atoms with van der Waals surface area (Å²) in [4.78, 5) is 2.42. The third-order valence-corrected chi connectivity index (χ3v) is 11.6. The van der Waals surface area contributed by atoms with Gasteiger partial charge in [0.15, 0.2) is 0 Å². The number of hydrogen-bond acceptors (Lipinski definition) is 1. The van der Waals surface area contributed by atoms with E-state index in [2.05, 4.69) is 240 Å². The van der Waals surface area contributed by atoms with Gasteiger partial charge in [0.05, 0.1) is 16.7 Å². The monoisotopic (exact) mass is 738 g/mol. The minimum atomic E-state index is 1.10. The Morgan fingerprint density at radius 3 is 1.47 bits per heavy atom. The molecule has 0 radical (unpaired) electrons. The number of aromatic nitrogens is 1. The Kier molecular flexibility index (Phi) is 8.19. The molecule has 0 aliphatic rings. The van der Waals surface area contributed by atoms with E-state index in [4.69, 9.17) is 0 Å². The highest BCUT2D eigenvalue weighted by atomic mass is 15.1. The quantitative estimate of drug-likeness (QED) is 0.148. The number of anilines is 3. The van der Waals surface area contributed by atoms with Crippen molar-refractivity contribution in [2.24, 2.45) is 0 Å². The molecule has 2 nitrogen and oxygen atoms in total. The van der Waals surface area contributed by atoms with Crippen LogP contribution in [0.1, 0.15) is 0 Å². The van der Waals surface area contributed by atoms with Crippen molar-refractivity contribution in [3.05, 3.63) is 231 Å². The number of rotatable bonds is 7. The number of fused-ring (bicyclic) bond motifs is 6. The van der Waals surface area contributed by atoms with Crippen molar-refractivity contribution in [2.45, 2.75) is 0 Å². The predicted molar refractivity (Wildman–Crippen MR) is 247 cm³/mol. The van der Waals surface area contributed by atoms with Gasteiger partial charge in [0, 0.05) is 33.2 Å². The smallest absolute Gasteiger partial charge is 0.0547 e. The maximum Gasteiger partial charge on any atom is 0.0547 e. The van der Waals surface area contributed by atoms with Gasteiger partial charge < -0.3 is 9.47 Å². The zero-order valence-corrected chi connectivity index (χ0v) is 31.8. The molecule has 58 heavy (non-hydrogen) atoms. The molecule has 0 aliphatic heterocycles. The molecule has 11 aromatic rings. The van der Waals surface area contributed by atoms with Gasteiger partial charge in [0.1, 0.15) is 0 Å². The van der Waals surface area contributed by atoms with Crippen LogP contribution in [-0.4, -0.2) is 4.57 Å². The molecule has 1 heterocycles. The fraction of sp³-hybridized carbons (Fsp3) is 0. The van der Waals surface area contributed by atoms with Gasteiger partial charge in [-0.25, -0.2) is 0 Å². The third kappa shape index (κ3) is 5.74. The molecule has 1 aromatic heterocycles. The minimum absolute atomic E-state index is 1.10. The standard InChI is InChI=1S/C56H38N2/c1-3-14-39(15-4-1)40-26-28-41(29-27-40)42-30-34-46(35-31-42)57(55-38-44-16-7-8-19-48(44)50-20-9-10-21-51(50)55)47-36-32-43(33-37-47)49-23-13-25-54-56(49)52-22-11-12-24-53(52)58(54)45-17-5-2-6-18-45/h1-38H. The summed E-state index contributed by atoms with van der Waals surface area (Å²) in [5.74, 6) is 0. The minimum Gasteiger partial charge on any atom is -0.310 e. The van der Waals surface area contributed by atoms with E-state index in [-0.39, 0.29) is 0 Å². The average Bonchev–Trinajstić information content (AvgIpc) is 3.65. The molecule has 0 aliphatic carbocycles. The maximum atomic E-state index is 2.42. The first-order valence-corrected chi connectivity index (χ1v) is 19.9. The number of nitrogens with zero attached hydrogens (tertiary/aromatic N) is 2. The second kappa shape index (κ2) is 14.1. The number of benzene rings is 10. The van der Waals surface area contributed by atoms with Crippen molar-refractivity contribution in [3.8, 4) is 39.1 Å². The van der Waals surface area contributed by atoms with E-state index < -0.39 is 0 Å². The van der Waals surface area contributed by atoms with E-state index >= 15 is 0 Å². The molecule has 0 N–H and O–H groups in total. The second-order valence-corrected chi connectivity index (χ2v) is 14.9. The normalized spacial score (nSPS) is 11.4. The van der Waals surface area contributed by atoms with Crippen molar-refractivity contribution < 1.29 is 0 Å². The van der Waals surface area contributed by atoms with Crippen LogP contribution < -0.4 is 4.90 Å². The number of para-hydroxylation sites is 2. The second-order valence-electron chi connectivity index (χ2n) is 14.9. The lowest BCUT2D eigenvalue weighted by molar-refractivity contribution is 1.18. The fourth-order valence-electron chi connectivity index (χ4n) is 8.84. The van der Waals surface area contributed by atoms with Crippen LogP contribution in [0, 0.1) is 0 Å². The van der Waals surface area contributed by atoms with Crippen LogP contribution in [0.15, 0.2) is 231 Å². The molecular weight excluding hydrogens is 701 g/mol. The van der Waals surface area contributed by atoms with E-state index in [1.165, 1.54) is 76.7 Å². The molecule has 272 valence electrons. The van der Waals surface area contributed by atoms with Crippen LogP contribution in [0.2, 0.25) is 0 Å². The van der Waals surface area contributed by atoms with Gasteiger partial charge in [-0.1, -0.05) is 176 Å². The van der Waals surface area contributed by atoms with E-state index in [0.29, 0.717) is 0 Å². The average molecular weight is 739 g/mol. The number of hydrogen-bond donors (Lipinski definition) is 0. The summed E-state index contributed by atoms with van der Waals surface area (Å²) >= 11 is 0. The highest BCUT2D eigenvalue weighted by Gasteiger charge is 2.19. The Hall–Kier alpha value is -7.68. The SMILES string of the molecule is c1ccc(-c2ccc(-c3ccc(N(c4ccc(-c5cccc6c5c5ccccc5n6-c5ccccc5)cc4)c4cc5ccccc5c5ccccc45)cc3)cc2)cc1. The molecule has 0 atom stereocenters. The van der Waals surface area contributed by atoms with Gasteiger partial charge in [-0.05, 0) is 104 Å². The topological polar surface area (TPSA) is 8.17 Å². The van der Waals surface area contributed by atoms with Gasteiger partial charge in [0.2, 0.25) is 0 Å². The summed E-state index contributed by atoms with van der Waals surface area (Å²) in [5, 5.41) is 7.45. The van der Waals surface area contributed by atoms with Crippen molar-refractivity contribution >= 4 is 60.4 Å². The van der Waals surface area contributed by atoms with Gasteiger partial charge in [-0.3, -0.25) is 0 Å². The molecule has 0 bridgehead atoms. The van der Waals surface area contributed by atoms with E-state index in [0.717, 1.165) is 22.7 Å². The zero-order chi connectivity index (χ0) is 38.4. The van der Waals surface area contributed by atoms with E-state index in [1.807, 2.05) is 0 Å². The molecule has 0 saturated carbocycles. The Labute approximate surface area is 338 Å². The van der Waals surface area contributed by atoms with Crippen molar-refractivity contribution in [3.63, 3.8) is 0 Å². The molecule has 0 saturated heterocycles. The Bertz CT molecular complexity index is 3230. The van der Waals surface area contributed by atoms with Crippen molar-refractivity contribution in [1.82, 2.24) is 4.57 Å². The lowest BCUT2D eigenvalue weighted by Gasteiger charge is -2.28. The lowest BCUT2D eigenvalue weighted by atomic mass is 9.97. The lowest BCUT2D eigenvalue weighted by Crippen LogP contribution is -2.10. The van der Waals surface area contributed by atoms with Crippen LogP contribution in [0.5, 0.6) is 0 Å². The van der Waals surface area contributed by atoms with E-state index in [9.17, 15) is 0 Å². The highest BCUT2D eigenvalue weighted by molar-refractivity contribution is 6.16. The molecule has 10 aromatic carbocycles. The van der Waals surface area contributed by atoms with Crippen LogP contribution in [0.4, 0.5) is 17.1 Å². The summed E-state index contributed by atoms with van der Waals surface area (Å²) in [6, 6.07) is 83.6. The van der Waals surface area contributed by atoms with Crippen LogP contribution in [-0.2, 0) is 0 Å². The third-order valence-electron chi connectivity index (χ3n) is 11.6.